The molecule has 2 aromatic carbocycles. The highest BCUT2D eigenvalue weighted by atomic mass is 16.7. The molecule has 1 aliphatic heterocycles. The molecule has 0 spiro atoms. The Labute approximate surface area is 140 Å². The third-order valence-corrected chi connectivity index (χ3v) is 3.30. The molecule has 0 radical (unpaired) electrons. The summed E-state index contributed by atoms with van der Waals surface area (Å²) < 4.78 is 16.2. The number of ether oxygens (including phenoxy) is 3. The van der Waals surface area contributed by atoms with Gasteiger partial charge in [-0.3, -0.25) is 4.79 Å². The Morgan fingerprint density at radius 1 is 1.17 bits per heavy atom. The first kappa shape index (κ1) is 15.9. The van der Waals surface area contributed by atoms with Crippen LogP contribution in [0.15, 0.2) is 48.5 Å². The predicted octanol–water partition coefficient (Wildman–Crippen LogP) is 3.85. The van der Waals surface area contributed by atoms with Crippen LogP contribution in [0.5, 0.6) is 17.2 Å². The second-order valence-corrected chi connectivity index (χ2v) is 5.63. The summed E-state index contributed by atoms with van der Waals surface area (Å²) in [4.78, 5) is 12.0. The van der Waals surface area contributed by atoms with Gasteiger partial charge >= 0.3 is 0 Å². The van der Waals surface area contributed by atoms with Crippen LogP contribution >= 0.6 is 0 Å². The van der Waals surface area contributed by atoms with Gasteiger partial charge in [0.2, 0.25) is 12.7 Å². The molecule has 0 unspecified atom stereocenters. The molecule has 0 aromatic heterocycles. The average Bonchev–Trinajstić information content (AvgIpc) is 3.00. The smallest absolute Gasteiger partial charge is 0.248 e. The fourth-order valence-corrected chi connectivity index (χ4v) is 2.29. The van der Waals surface area contributed by atoms with Gasteiger partial charge in [-0.2, -0.15) is 0 Å². The van der Waals surface area contributed by atoms with Crippen molar-refractivity contribution in [2.24, 2.45) is 0 Å². The Morgan fingerprint density at radius 2 is 2.00 bits per heavy atom. The maximum atomic E-state index is 12.0. The summed E-state index contributed by atoms with van der Waals surface area (Å²) in [5.41, 5.74) is 1.56. The van der Waals surface area contributed by atoms with Gasteiger partial charge in [-0.1, -0.05) is 12.1 Å². The SMILES string of the molecule is CC(C)Oc1cccc(/C=C/C(=O)Nc2ccc3c(c2)OCO3)c1. The number of fused-ring (bicyclic) bond motifs is 1. The van der Waals surface area contributed by atoms with Crippen LogP contribution in [0.2, 0.25) is 0 Å². The Hall–Kier alpha value is -2.95. The van der Waals surface area contributed by atoms with Gasteiger partial charge in [0.1, 0.15) is 5.75 Å². The minimum atomic E-state index is -0.218. The number of benzene rings is 2. The van der Waals surface area contributed by atoms with Crippen LogP contribution in [-0.2, 0) is 4.79 Å². The lowest BCUT2D eigenvalue weighted by Crippen LogP contribution is -2.07. The second kappa shape index (κ2) is 7.08. The first-order valence-electron chi connectivity index (χ1n) is 7.75. The van der Waals surface area contributed by atoms with Crippen molar-refractivity contribution in [3.05, 3.63) is 54.1 Å². The third-order valence-electron chi connectivity index (χ3n) is 3.30. The molecule has 0 fully saturated rings. The molecule has 0 atom stereocenters. The van der Waals surface area contributed by atoms with Gasteiger partial charge in [0.25, 0.3) is 0 Å². The number of carbonyl (C=O) groups is 1. The Morgan fingerprint density at radius 3 is 2.83 bits per heavy atom. The molecule has 1 aliphatic rings. The predicted molar refractivity (Wildman–Crippen MR) is 92.4 cm³/mol. The van der Waals surface area contributed by atoms with Crippen LogP contribution in [0.3, 0.4) is 0 Å². The zero-order chi connectivity index (χ0) is 16.9. The van der Waals surface area contributed by atoms with Gasteiger partial charge in [-0.25, -0.2) is 0 Å². The number of hydrogen-bond acceptors (Lipinski definition) is 4. The van der Waals surface area contributed by atoms with E-state index in [0.29, 0.717) is 17.2 Å². The quantitative estimate of drug-likeness (QED) is 0.848. The summed E-state index contributed by atoms with van der Waals surface area (Å²) in [6.07, 6.45) is 3.34. The maximum absolute atomic E-state index is 12.0. The lowest BCUT2D eigenvalue weighted by molar-refractivity contribution is -0.111. The molecule has 0 bridgehead atoms. The van der Waals surface area contributed by atoms with Crippen LogP contribution in [0, 0.1) is 0 Å². The van der Waals surface area contributed by atoms with Gasteiger partial charge in [0, 0.05) is 17.8 Å². The van der Waals surface area contributed by atoms with Crippen molar-refractivity contribution < 1.29 is 19.0 Å². The molecule has 1 amide bonds. The fourth-order valence-electron chi connectivity index (χ4n) is 2.29. The van der Waals surface area contributed by atoms with Crippen LogP contribution in [0.4, 0.5) is 5.69 Å². The van der Waals surface area contributed by atoms with Crippen molar-refractivity contribution in [3.63, 3.8) is 0 Å². The number of amides is 1. The molecule has 1 heterocycles. The molecule has 0 saturated carbocycles. The second-order valence-electron chi connectivity index (χ2n) is 5.63. The van der Waals surface area contributed by atoms with Crippen molar-refractivity contribution in [3.8, 4) is 17.2 Å². The molecule has 5 nitrogen and oxygen atoms in total. The molecular weight excluding hydrogens is 306 g/mol. The van der Waals surface area contributed by atoms with Crippen molar-refractivity contribution in [2.75, 3.05) is 12.1 Å². The summed E-state index contributed by atoms with van der Waals surface area (Å²) in [7, 11) is 0. The van der Waals surface area contributed by atoms with E-state index in [9.17, 15) is 4.79 Å². The maximum Gasteiger partial charge on any atom is 0.248 e. The van der Waals surface area contributed by atoms with Gasteiger partial charge < -0.3 is 19.5 Å². The fraction of sp³-hybridized carbons (Fsp3) is 0.211. The van der Waals surface area contributed by atoms with E-state index >= 15 is 0 Å². The van der Waals surface area contributed by atoms with Gasteiger partial charge in [-0.05, 0) is 49.8 Å². The summed E-state index contributed by atoms with van der Waals surface area (Å²) in [6.45, 7) is 4.16. The van der Waals surface area contributed by atoms with Crippen molar-refractivity contribution in [1.29, 1.82) is 0 Å². The number of carbonyl (C=O) groups excluding carboxylic acids is 1. The zero-order valence-corrected chi connectivity index (χ0v) is 13.6. The molecule has 0 saturated heterocycles. The highest BCUT2D eigenvalue weighted by Gasteiger charge is 2.13. The lowest BCUT2D eigenvalue weighted by atomic mass is 10.2. The van der Waals surface area contributed by atoms with E-state index in [1.54, 1.807) is 24.3 Å². The van der Waals surface area contributed by atoms with Gasteiger partial charge in [0.05, 0.1) is 6.10 Å². The van der Waals surface area contributed by atoms with E-state index in [2.05, 4.69) is 5.32 Å². The van der Waals surface area contributed by atoms with Crippen molar-refractivity contribution in [1.82, 2.24) is 0 Å². The number of anilines is 1. The van der Waals surface area contributed by atoms with E-state index in [4.69, 9.17) is 14.2 Å². The molecule has 1 N–H and O–H groups in total. The Balaban J connectivity index is 1.63. The minimum Gasteiger partial charge on any atom is -0.491 e. The summed E-state index contributed by atoms with van der Waals surface area (Å²) in [5.74, 6) is 1.88. The van der Waals surface area contributed by atoms with E-state index < -0.39 is 0 Å². The number of rotatable bonds is 5. The first-order valence-corrected chi connectivity index (χ1v) is 7.75. The van der Waals surface area contributed by atoms with Crippen molar-refractivity contribution >= 4 is 17.7 Å². The zero-order valence-electron chi connectivity index (χ0n) is 13.6. The highest BCUT2D eigenvalue weighted by molar-refractivity contribution is 6.02. The standard InChI is InChI=1S/C19H19NO4/c1-13(2)24-16-5-3-4-14(10-16)6-9-19(21)20-15-7-8-17-18(11-15)23-12-22-17/h3-11,13H,12H2,1-2H3,(H,20,21)/b9-6+. The summed E-state index contributed by atoms with van der Waals surface area (Å²) in [5, 5.41) is 2.80. The van der Waals surface area contributed by atoms with E-state index in [1.165, 1.54) is 6.08 Å². The van der Waals surface area contributed by atoms with Crippen molar-refractivity contribution in [2.45, 2.75) is 20.0 Å². The summed E-state index contributed by atoms with van der Waals surface area (Å²) in [6, 6.07) is 12.9. The molecule has 5 heteroatoms. The number of hydrogen-bond donors (Lipinski definition) is 1. The van der Waals surface area contributed by atoms with E-state index in [0.717, 1.165) is 11.3 Å². The van der Waals surface area contributed by atoms with Crippen LogP contribution < -0.4 is 19.5 Å². The van der Waals surface area contributed by atoms with E-state index in [-0.39, 0.29) is 18.8 Å². The Kier molecular flexibility index (Phi) is 4.70. The Bertz CT molecular complexity index is 768. The monoisotopic (exact) mass is 325 g/mol. The summed E-state index contributed by atoms with van der Waals surface area (Å²) >= 11 is 0. The molecule has 24 heavy (non-hydrogen) atoms. The van der Waals surface area contributed by atoms with Gasteiger partial charge in [-0.15, -0.1) is 0 Å². The average molecular weight is 325 g/mol. The lowest BCUT2D eigenvalue weighted by Gasteiger charge is -2.09. The topological polar surface area (TPSA) is 56.8 Å². The first-order chi connectivity index (χ1) is 11.6. The molecule has 124 valence electrons. The van der Waals surface area contributed by atoms with Gasteiger partial charge in [0.15, 0.2) is 11.5 Å². The number of nitrogens with one attached hydrogen (secondary N) is 1. The third kappa shape index (κ3) is 4.07. The minimum absolute atomic E-state index is 0.110. The van der Waals surface area contributed by atoms with Crippen LogP contribution in [0.1, 0.15) is 19.4 Å². The highest BCUT2D eigenvalue weighted by Crippen LogP contribution is 2.34. The van der Waals surface area contributed by atoms with Crippen LogP contribution in [-0.4, -0.2) is 18.8 Å². The molecule has 3 rings (SSSR count). The molecule has 2 aromatic rings. The normalized spacial score (nSPS) is 12.6. The van der Waals surface area contributed by atoms with Crippen LogP contribution in [0.25, 0.3) is 6.08 Å². The molecular formula is C19H19NO4. The largest absolute Gasteiger partial charge is 0.491 e. The molecule has 0 aliphatic carbocycles. The van der Waals surface area contributed by atoms with E-state index in [1.807, 2.05) is 38.1 Å².